The number of rotatable bonds is 2. The smallest absolute Gasteiger partial charge is 0.339 e. The highest BCUT2D eigenvalue weighted by Gasteiger charge is 2.25. The van der Waals surface area contributed by atoms with Gasteiger partial charge >= 0.3 is 5.97 Å². The second kappa shape index (κ2) is 5.38. The minimum absolute atomic E-state index is 0.146. The van der Waals surface area contributed by atoms with E-state index in [1.165, 1.54) is 0 Å². The Morgan fingerprint density at radius 1 is 1.48 bits per heavy atom. The molecule has 0 radical (unpaired) electrons. The molecule has 2 heterocycles. The van der Waals surface area contributed by atoms with Gasteiger partial charge in [-0.05, 0) is 12.1 Å². The SMILES string of the molecule is N#CC1CN(c2nc3ccccc3cc2C(=O)O)CCO1. The molecule has 2 aromatic rings. The lowest BCUT2D eigenvalue weighted by atomic mass is 10.1. The molecule has 0 amide bonds. The Labute approximate surface area is 121 Å². The monoisotopic (exact) mass is 283 g/mol. The van der Waals surface area contributed by atoms with E-state index in [2.05, 4.69) is 11.1 Å². The molecule has 1 N–H and O–H groups in total. The Bertz CT molecular complexity index is 739. The molecule has 1 aromatic carbocycles. The number of aromatic nitrogens is 1. The highest BCUT2D eigenvalue weighted by atomic mass is 16.5. The third-order valence-corrected chi connectivity index (χ3v) is 3.44. The fraction of sp³-hybridized carbons (Fsp3) is 0.267. The molecule has 1 saturated heterocycles. The first-order valence-electron chi connectivity index (χ1n) is 6.58. The largest absolute Gasteiger partial charge is 0.478 e. The van der Waals surface area contributed by atoms with Crippen LogP contribution in [0.25, 0.3) is 10.9 Å². The predicted octanol–water partition coefficient (Wildman–Crippen LogP) is 1.66. The van der Waals surface area contributed by atoms with Crippen LogP contribution in [0.2, 0.25) is 0 Å². The first-order valence-corrected chi connectivity index (χ1v) is 6.58. The minimum Gasteiger partial charge on any atom is -0.478 e. The maximum Gasteiger partial charge on any atom is 0.339 e. The first-order chi connectivity index (χ1) is 10.2. The van der Waals surface area contributed by atoms with E-state index in [0.717, 1.165) is 10.9 Å². The van der Waals surface area contributed by atoms with Gasteiger partial charge in [-0.2, -0.15) is 5.26 Å². The summed E-state index contributed by atoms with van der Waals surface area (Å²) in [6.45, 7) is 1.22. The zero-order valence-electron chi connectivity index (χ0n) is 11.2. The Balaban J connectivity index is 2.09. The summed E-state index contributed by atoms with van der Waals surface area (Å²) in [6.07, 6.45) is -0.561. The van der Waals surface area contributed by atoms with Crippen LogP contribution in [-0.2, 0) is 4.74 Å². The quantitative estimate of drug-likeness (QED) is 0.902. The molecule has 1 unspecified atom stereocenters. The van der Waals surface area contributed by atoms with E-state index in [-0.39, 0.29) is 5.56 Å². The zero-order chi connectivity index (χ0) is 14.8. The number of morpholine rings is 1. The number of pyridine rings is 1. The molecule has 1 aliphatic heterocycles. The highest BCUT2D eigenvalue weighted by molar-refractivity contribution is 5.98. The standard InChI is InChI=1S/C15H13N3O3/c16-8-11-9-18(5-6-21-11)14-12(15(19)20)7-10-3-1-2-4-13(10)17-14/h1-4,7,11H,5-6,9H2,(H,19,20). The molecular formula is C15H13N3O3. The van der Waals surface area contributed by atoms with Crippen molar-refractivity contribution in [2.24, 2.45) is 0 Å². The summed E-state index contributed by atoms with van der Waals surface area (Å²) < 4.78 is 5.29. The minimum atomic E-state index is -1.02. The van der Waals surface area contributed by atoms with E-state index in [0.29, 0.717) is 25.5 Å². The van der Waals surface area contributed by atoms with Crippen molar-refractivity contribution in [2.45, 2.75) is 6.10 Å². The molecule has 3 rings (SSSR count). The number of nitrogens with zero attached hydrogens (tertiary/aromatic N) is 3. The van der Waals surface area contributed by atoms with Crippen LogP contribution in [0.1, 0.15) is 10.4 Å². The molecule has 21 heavy (non-hydrogen) atoms. The lowest BCUT2D eigenvalue weighted by molar-refractivity contribution is 0.0687. The van der Waals surface area contributed by atoms with Crippen LogP contribution in [0.15, 0.2) is 30.3 Å². The lowest BCUT2D eigenvalue weighted by Crippen LogP contribution is -2.43. The van der Waals surface area contributed by atoms with Crippen molar-refractivity contribution in [1.82, 2.24) is 4.98 Å². The number of fused-ring (bicyclic) bond motifs is 1. The Kier molecular flexibility index (Phi) is 3.42. The molecule has 1 atom stereocenters. The maximum absolute atomic E-state index is 11.5. The fourth-order valence-corrected chi connectivity index (χ4v) is 2.42. The number of benzene rings is 1. The second-order valence-electron chi connectivity index (χ2n) is 4.79. The van der Waals surface area contributed by atoms with Gasteiger partial charge < -0.3 is 14.7 Å². The van der Waals surface area contributed by atoms with Crippen LogP contribution in [-0.4, -0.2) is 41.9 Å². The van der Waals surface area contributed by atoms with Crippen molar-refractivity contribution in [1.29, 1.82) is 5.26 Å². The van der Waals surface area contributed by atoms with E-state index in [1.807, 2.05) is 24.3 Å². The van der Waals surface area contributed by atoms with Crippen LogP contribution in [0.3, 0.4) is 0 Å². The number of carboxylic acid groups (broad SMARTS) is 1. The number of carbonyl (C=O) groups is 1. The summed E-state index contributed by atoms with van der Waals surface area (Å²) in [5, 5.41) is 19.2. The maximum atomic E-state index is 11.5. The number of hydrogen-bond acceptors (Lipinski definition) is 5. The molecule has 1 aliphatic rings. The highest BCUT2D eigenvalue weighted by Crippen LogP contribution is 2.25. The summed E-state index contributed by atoms with van der Waals surface area (Å²) in [5.74, 6) is -0.631. The van der Waals surface area contributed by atoms with Gasteiger partial charge in [-0.15, -0.1) is 0 Å². The van der Waals surface area contributed by atoms with Gasteiger partial charge in [0.2, 0.25) is 0 Å². The van der Waals surface area contributed by atoms with Gasteiger partial charge in [0.1, 0.15) is 11.4 Å². The average molecular weight is 283 g/mol. The normalized spacial score (nSPS) is 18.4. The van der Waals surface area contributed by atoms with Crippen LogP contribution >= 0.6 is 0 Å². The topological polar surface area (TPSA) is 86.5 Å². The second-order valence-corrected chi connectivity index (χ2v) is 4.79. The third kappa shape index (κ3) is 2.51. The number of ether oxygens (including phenoxy) is 1. The van der Waals surface area contributed by atoms with Crippen LogP contribution < -0.4 is 4.90 Å². The first kappa shape index (κ1) is 13.3. The zero-order valence-corrected chi connectivity index (χ0v) is 11.2. The fourth-order valence-electron chi connectivity index (χ4n) is 2.42. The van der Waals surface area contributed by atoms with E-state index >= 15 is 0 Å². The molecular weight excluding hydrogens is 270 g/mol. The summed E-state index contributed by atoms with van der Waals surface area (Å²) in [5.41, 5.74) is 0.879. The molecule has 106 valence electrons. The van der Waals surface area contributed by atoms with Crippen molar-refractivity contribution in [2.75, 3.05) is 24.6 Å². The van der Waals surface area contributed by atoms with Crippen molar-refractivity contribution >= 4 is 22.7 Å². The van der Waals surface area contributed by atoms with Gasteiger partial charge in [-0.3, -0.25) is 0 Å². The van der Waals surface area contributed by atoms with Crippen molar-refractivity contribution in [3.8, 4) is 6.07 Å². The Morgan fingerprint density at radius 3 is 3.05 bits per heavy atom. The molecule has 6 heteroatoms. The molecule has 1 aromatic heterocycles. The lowest BCUT2D eigenvalue weighted by Gasteiger charge is -2.31. The predicted molar refractivity (Wildman–Crippen MR) is 76.3 cm³/mol. The molecule has 0 aliphatic carbocycles. The van der Waals surface area contributed by atoms with Gasteiger partial charge in [-0.1, -0.05) is 18.2 Å². The van der Waals surface area contributed by atoms with Crippen molar-refractivity contribution in [3.05, 3.63) is 35.9 Å². The van der Waals surface area contributed by atoms with Gasteiger partial charge in [-0.25, -0.2) is 9.78 Å². The number of para-hydroxylation sites is 1. The Morgan fingerprint density at radius 2 is 2.29 bits per heavy atom. The van der Waals surface area contributed by atoms with Crippen LogP contribution in [0.4, 0.5) is 5.82 Å². The van der Waals surface area contributed by atoms with E-state index < -0.39 is 12.1 Å². The van der Waals surface area contributed by atoms with Crippen molar-refractivity contribution in [3.63, 3.8) is 0 Å². The average Bonchev–Trinajstić information content (AvgIpc) is 2.53. The molecule has 0 spiro atoms. The van der Waals surface area contributed by atoms with Crippen LogP contribution in [0, 0.1) is 11.3 Å². The number of carboxylic acids is 1. The van der Waals surface area contributed by atoms with E-state index in [1.54, 1.807) is 11.0 Å². The van der Waals surface area contributed by atoms with Crippen LogP contribution in [0.5, 0.6) is 0 Å². The van der Waals surface area contributed by atoms with Gasteiger partial charge in [0.25, 0.3) is 0 Å². The molecule has 6 nitrogen and oxygen atoms in total. The molecule has 0 saturated carbocycles. The number of nitriles is 1. The number of anilines is 1. The third-order valence-electron chi connectivity index (χ3n) is 3.44. The van der Waals surface area contributed by atoms with Crippen molar-refractivity contribution < 1.29 is 14.6 Å². The van der Waals surface area contributed by atoms with Gasteiger partial charge in [0, 0.05) is 11.9 Å². The molecule has 1 fully saturated rings. The summed E-state index contributed by atoms with van der Waals surface area (Å²) in [6, 6.07) is 11.0. The Hall–Kier alpha value is -2.65. The number of aromatic carboxylic acids is 1. The molecule has 0 bridgehead atoms. The van der Waals surface area contributed by atoms with Gasteiger partial charge in [0.15, 0.2) is 6.10 Å². The summed E-state index contributed by atoms with van der Waals surface area (Å²) in [7, 11) is 0. The summed E-state index contributed by atoms with van der Waals surface area (Å²) >= 11 is 0. The summed E-state index contributed by atoms with van der Waals surface area (Å²) in [4.78, 5) is 17.8. The number of hydrogen-bond donors (Lipinski definition) is 1. The van der Waals surface area contributed by atoms with E-state index in [9.17, 15) is 9.90 Å². The van der Waals surface area contributed by atoms with Gasteiger partial charge in [0.05, 0.1) is 24.7 Å². The van der Waals surface area contributed by atoms with E-state index in [4.69, 9.17) is 10.00 Å².